The Morgan fingerprint density at radius 3 is 2.36 bits per heavy atom. The Bertz CT molecular complexity index is 1020. The van der Waals surface area contributed by atoms with Crippen molar-refractivity contribution in [1.29, 1.82) is 4.78 Å². The van der Waals surface area contributed by atoms with Crippen molar-refractivity contribution in [1.82, 2.24) is 15.0 Å². The summed E-state index contributed by atoms with van der Waals surface area (Å²) in [6, 6.07) is 6.54. The molecule has 0 radical (unpaired) electrons. The molecule has 0 saturated heterocycles. The van der Waals surface area contributed by atoms with Crippen LogP contribution in [0.25, 0.3) is 10.9 Å². The van der Waals surface area contributed by atoms with Crippen LogP contribution in [0, 0.1) is 4.78 Å². The predicted molar refractivity (Wildman–Crippen MR) is 92.0 cm³/mol. The smallest absolute Gasteiger partial charge is 0.232 e. The molecule has 0 saturated carbocycles. The Labute approximate surface area is 144 Å². The number of aromatic nitrogens is 3. The molecule has 0 aliphatic heterocycles. The van der Waals surface area contributed by atoms with Gasteiger partial charge < -0.3 is 14.2 Å². The third-order valence-corrected chi connectivity index (χ3v) is 4.61. The van der Waals surface area contributed by atoms with E-state index in [0.29, 0.717) is 33.2 Å². The summed E-state index contributed by atoms with van der Waals surface area (Å²) < 4.78 is 35.5. The zero-order valence-corrected chi connectivity index (χ0v) is 14.7. The van der Waals surface area contributed by atoms with Crippen LogP contribution in [0.5, 0.6) is 23.3 Å². The van der Waals surface area contributed by atoms with Crippen LogP contribution in [0.4, 0.5) is 0 Å². The van der Waals surface area contributed by atoms with Gasteiger partial charge in [-0.2, -0.15) is 0 Å². The lowest BCUT2D eigenvalue weighted by Gasteiger charge is -2.11. The Morgan fingerprint density at radius 2 is 1.76 bits per heavy atom. The van der Waals surface area contributed by atoms with Crippen molar-refractivity contribution in [3.05, 3.63) is 36.8 Å². The second-order valence-electron chi connectivity index (χ2n) is 5.18. The molecule has 0 spiro atoms. The van der Waals surface area contributed by atoms with Gasteiger partial charge in [-0.25, -0.2) is 23.9 Å². The van der Waals surface area contributed by atoms with Gasteiger partial charge in [-0.05, 0) is 12.1 Å². The van der Waals surface area contributed by atoms with Crippen molar-refractivity contribution in [3.63, 3.8) is 0 Å². The van der Waals surface area contributed by atoms with E-state index in [2.05, 4.69) is 15.0 Å². The molecule has 1 unspecified atom stereocenters. The average Bonchev–Trinajstić information content (AvgIpc) is 2.60. The van der Waals surface area contributed by atoms with E-state index in [1.54, 1.807) is 31.4 Å². The molecule has 1 atom stereocenters. The first-order valence-electron chi connectivity index (χ1n) is 7.17. The minimum atomic E-state index is -2.82. The second kappa shape index (κ2) is 6.52. The van der Waals surface area contributed by atoms with Crippen LogP contribution in [0.15, 0.2) is 41.7 Å². The normalized spacial score (nSPS) is 13.2. The third-order valence-electron chi connectivity index (χ3n) is 3.46. The monoisotopic (exact) mass is 360 g/mol. The van der Waals surface area contributed by atoms with Crippen LogP contribution >= 0.6 is 0 Å². The van der Waals surface area contributed by atoms with Gasteiger partial charge in [0.25, 0.3) is 0 Å². The van der Waals surface area contributed by atoms with Crippen LogP contribution in [0.3, 0.4) is 0 Å². The number of methoxy groups -OCH3 is 2. The molecule has 3 aromatic rings. The van der Waals surface area contributed by atoms with Crippen molar-refractivity contribution >= 4 is 20.6 Å². The summed E-state index contributed by atoms with van der Waals surface area (Å²) in [5, 5.41) is 0.630. The number of benzene rings is 1. The fourth-order valence-corrected chi connectivity index (χ4v) is 2.78. The minimum Gasteiger partial charge on any atom is -0.493 e. The van der Waals surface area contributed by atoms with E-state index >= 15 is 0 Å². The highest BCUT2D eigenvalue weighted by Crippen LogP contribution is 2.35. The van der Waals surface area contributed by atoms with E-state index in [1.807, 2.05) is 0 Å². The molecule has 130 valence electrons. The van der Waals surface area contributed by atoms with Gasteiger partial charge in [0, 0.05) is 24.6 Å². The molecule has 0 fully saturated rings. The van der Waals surface area contributed by atoms with E-state index < -0.39 is 9.73 Å². The fraction of sp³-hybridized carbons (Fsp3) is 0.188. The van der Waals surface area contributed by atoms with Crippen LogP contribution in [0.1, 0.15) is 0 Å². The highest BCUT2D eigenvalue weighted by atomic mass is 32.2. The van der Waals surface area contributed by atoms with Crippen molar-refractivity contribution < 1.29 is 18.4 Å². The van der Waals surface area contributed by atoms with Gasteiger partial charge in [0.15, 0.2) is 11.5 Å². The number of hydrogen-bond acceptors (Lipinski definition) is 8. The molecule has 9 heteroatoms. The van der Waals surface area contributed by atoms with Crippen molar-refractivity contribution in [2.45, 2.75) is 4.90 Å². The van der Waals surface area contributed by atoms with E-state index in [4.69, 9.17) is 19.0 Å². The molecule has 25 heavy (non-hydrogen) atoms. The number of ether oxygens (including phenoxy) is 3. The Balaban J connectivity index is 2.01. The maximum Gasteiger partial charge on any atom is 0.232 e. The summed E-state index contributed by atoms with van der Waals surface area (Å²) in [7, 11) is 0.269. The molecule has 0 aliphatic carbocycles. The van der Waals surface area contributed by atoms with Gasteiger partial charge in [0.1, 0.15) is 6.33 Å². The highest BCUT2D eigenvalue weighted by Gasteiger charge is 2.13. The van der Waals surface area contributed by atoms with Gasteiger partial charge >= 0.3 is 0 Å². The topological polar surface area (TPSA) is 107 Å². The maximum atomic E-state index is 11.7. The number of fused-ring (bicyclic) bond motifs is 1. The molecule has 8 nitrogen and oxygen atoms in total. The molecule has 0 aliphatic rings. The largest absolute Gasteiger partial charge is 0.493 e. The Hall–Kier alpha value is -2.94. The van der Waals surface area contributed by atoms with Crippen molar-refractivity contribution in [2.75, 3.05) is 20.5 Å². The zero-order chi connectivity index (χ0) is 18.0. The van der Waals surface area contributed by atoms with E-state index in [-0.39, 0.29) is 5.88 Å². The molecular formula is C16H16N4O4S. The summed E-state index contributed by atoms with van der Waals surface area (Å²) >= 11 is 0. The summed E-state index contributed by atoms with van der Waals surface area (Å²) in [5.74, 6) is 1.64. The first-order chi connectivity index (χ1) is 11.9. The van der Waals surface area contributed by atoms with Crippen LogP contribution in [-0.4, -0.2) is 39.6 Å². The first kappa shape index (κ1) is 16.9. The number of nitrogens with one attached hydrogen (secondary N) is 1. The van der Waals surface area contributed by atoms with Crippen molar-refractivity contribution in [2.24, 2.45) is 0 Å². The SMILES string of the molecule is COc1cc2ncnc(Oc3ccc(S(C)(=N)=O)cn3)c2cc1OC. The Kier molecular flexibility index (Phi) is 4.41. The van der Waals surface area contributed by atoms with Gasteiger partial charge in [0.2, 0.25) is 11.8 Å². The molecule has 2 aromatic heterocycles. The Morgan fingerprint density at radius 1 is 1.04 bits per heavy atom. The quantitative estimate of drug-likeness (QED) is 0.745. The first-order valence-corrected chi connectivity index (χ1v) is 9.13. The van der Waals surface area contributed by atoms with Gasteiger partial charge in [-0.1, -0.05) is 0 Å². The number of pyridine rings is 1. The minimum absolute atomic E-state index is 0.266. The zero-order valence-electron chi connectivity index (χ0n) is 13.8. The van der Waals surface area contributed by atoms with E-state index in [0.717, 1.165) is 0 Å². The second-order valence-corrected chi connectivity index (χ2v) is 7.34. The van der Waals surface area contributed by atoms with Crippen LogP contribution < -0.4 is 14.2 Å². The van der Waals surface area contributed by atoms with Gasteiger partial charge in [0.05, 0.1) is 39.7 Å². The summed E-state index contributed by atoms with van der Waals surface area (Å²) in [6.45, 7) is 0. The molecule has 0 bridgehead atoms. The summed E-state index contributed by atoms with van der Waals surface area (Å²) in [4.78, 5) is 12.8. The molecule has 1 aromatic carbocycles. The molecule has 0 amide bonds. The van der Waals surface area contributed by atoms with Crippen molar-refractivity contribution in [3.8, 4) is 23.3 Å². The lowest BCUT2D eigenvalue weighted by Crippen LogP contribution is -1.98. The summed E-state index contributed by atoms with van der Waals surface area (Å²) in [5.41, 5.74) is 0.627. The average molecular weight is 360 g/mol. The van der Waals surface area contributed by atoms with Crippen LogP contribution in [-0.2, 0) is 9.73 Å². The number of nitrogens with zero attached hydrogens (tertiary/aromatic N) is 3. The van der Waals surface area contributed by atoms with Gasteiger partial charge in [-0.3, -0.25) is 0 Å². The fourth-order valence-electron chi connectivity index (χ4n) is 2.20. The predicted octanol–water partition coefficient (Wildman–Crippen LogP) is 2.87. The van der Waals surface area contributed by atoms with E-state index in [9.17, 15) is 4.21 Å². The standard InChI is InChI=1S/C16H16N4O4S/c1-22-13-6-11-12(7-14(13)23-2)19-9-20-16(11)24-15-5-4-10(8-18-15)25(3,17)21/h4-9,17H,1-3H3. The molecule has 2 heterocycles. The lowest BCUT2D eigenvalue weighted by atomic mass is 10.2. The molecule has 3 rings (SSSR count). The number of rotatable bonds is 5. The van der Waals surface area contributed by atoms with Gasteiger partial charge in [-0.15, -0.1) is 0 Å². The summed E-state index contributed by atoms with van der Waals surface area (Å²) in [6.07, 6.45) is 4.07. The van der Waals surface area contributed by atoms with Crippen LogP contribution in [0.2, 0.25) is 0 Å². The van der Waals surface area contributed by atoms with E-state index in [1.165, 1.54) is 25.9 Å². The molecular weight excluding hydrogens is 344 g/mol. The molecule has 1 N–H and O–H groups in total. The number of hydrogen-bond donors (Lipinski definition) is 1. The maximum absolute atomic E-state index is 11.7. The highest BCUT2D eigenvalue weighted by molar-refractivity contribution is 7.91. The third kappa shape index (κ3) is 3.45. The lowest BCUT2D eigenvalue weighted by molar-refractivity contribution is 0.355.